The third-order valence-corrected chi connectivity index (χ3v) is 3.98. The molecule has 0 saturated carbocycles. The Kier molecular flexibility index (Phi) is 6.72. The van der Waals surface area contributed by atoms with Gasteiger partial charge in [0.1, 0.15) is 5.15 Å². The standard InChI is InChI=1S/C13H21ClN2O2S/c1-9(2)10-11(14)15-13(18)16(12(10)17)7-5-4-6-8-19-3/h9H,4-8H2,1-3H3,(H,15,18). The van der Waals surface area contributed by atoms with Crippen LogP contribution in [0.2, 0.25) is 5.15 Å². The van der Waals surface area contributed by atoms with E-state index >= 15 is 0 Å². The third-order valence-electron chi connectivity index (χ3n) is 2.98. The summed E-state index contributed by atoms with van der Waals surface area (Å²) in [5.74, 6) is 1.11. The number of rotatable bonds is 7. The predicted octanol–water partition coefficient (Wildman–Crippen LogP) is 2.85. The molecular formula is C13H21ClN2O2S. The number of halogens is 1. The van der Waals surface area contributed by atoms with Gasteiger partial charge in [-0.25, -0.2) is 4.79 Å². The van der Waals surface area contributed by atoms with Gasteiger partial charge in [-0.3, -0.25) is 14.3 Å². The highest BCUT2D eigenvalue weighted by Crippen LogP contribution is 2.16. The summed E-state index contributed by atoms with van der Waals surface area (Å²) in [6, 6.07) is 0. The maximum absolute atomic E-state index is 12.2. The molecule has 1 aromatic rings. The number of H-pyrrole nitrogens is 1. The van der Waals surface area contributed by atoms with Gasteiger partial charge in [0.25, 0.3) is 5.56 Å². The molecule has 19 heavy (non-hydrogen) atoms. The zero-order valence-electron chi connectivity index (χ0n) is 11.7. The van der Waals surface area contributed by atoms with Gasteiger partial charge in [0.2, 0.25) is 0 Å². The van der Waals surface area contributed by atoms with Crippen LogP contribution in [0, 0.1) is 0 Å². The van der Waals surface area contributed by atoms with Gasteiger partial charge >= 0.3 is 5.69 Å². The van der Waals surface area contributed by atoms with E-state index in [1.165, 1.54) is 4.57 Å². The lowest BCUT2D eigenvalue weighted by atomic mass is 10.1. The van der Waals surface area contributed by atoms with E-state index in [1.54, 1.807) is 0 Å². The van der Waals surface area contributed by atoms with Gasteiger partial charge in [-0.2, -0.15) is 11.8 Å². The highest BCUT2D eigenvalue weighted by Gasteiger charge is 2.15. The molecule has 4 nitrogen and oxygen atoms in total. The number of aromatic amines is 1. The number of aromatic nitrogens is 2. The van der Waals surface area contributed by atoms with Crippen molar-refractivity contribution in [1.82, 2.24) is 9.55 Å². The fourth-order valence-electron chi connectivity index (χ4n) is 1.96. The largest absolute Gasteiger partial charge is 0.329 e. The second-order valence-electron chi connectivity index (χ2n) is 4.82. The van der Waals surface area contributed by atoms with Gasteiger partial charge in [0.15, 0.2) is 0 Å². The second-order valence-corrected chi connectivity index (χ2v) is 6.19. The number of hydrogen-bond acceptors (Lipinski definition) is 3. The minimum atomic E-state index is -0.413. The first kappa shape index (κ1) is 16.4. The minimum Gasteiger partial charge on any atom is -0.297 e. The number of unbranched alkanes of at least 4 members (excludes halogenated alkanes) is 2. The summed E-state index contributed by atoms with van der Waals surface area (Å²) in [6.45, 7) is 4.24. The molecule has 0 aliphatic carbocycles. The van der Waals surface area contributed by atoms with E-state index in [0.29, 0.717) is 12.1 Å². The first-order chi connectivity index (χ1) is 8.99. The molecule has 0 spiro atoms. The van der Waals surface area contributed by atoms with Gasteiger partial charge in [-0.15, -0.1) is 0 Å². The zero-order valence-corrected chi connectivity index (χ0v) is 13.2. The summed E-state index contributed by atoms with van der Waals surface area (Å²) in [4.78, 5) is 26.6. The van der Waals surface area contributed by atoms with Crippen LogP contribution in [0.3, 0.4) is 0 Å². The first-order valence-electron chi connectivity index (χ1n) is 6.50. The van der Waals surface area contributed by atoms with Crippen LogP contribution in [-0.2, 0) is 6.54 Å². The molecule has 0 fully saturated rings. The monoisotopic (exact) mass is 304 g/mol. The second kappa shape index (κ2) is 7.80. The minimum absolute atomic E-state index is 0.000378. The fraction of sp³-hybridized carbons (Fsp3) is 0.692. The van der Waals surface area contributed by atoms with E-state index in [0.717, 1.165) is 25.0 Å². The van der Waals surface area contributed by atoms with Crippen LogP contribution in [0.4, 0.5) is 0 Å². The lowest BCUT2D eigenvalue weighted by Crippen LogP contribution is -2.37. The normalized spacial score (nSPS) is 11.2. The molecule has 0 radical (unpaired) electrons. The van der Waals surface area contributed by atoms with Crippen molar-refractivity contribution in [3.63, 3.8) is 0 Å². The Bertz CT molecular complexity index is 522. The van der Waals surface area contributed by atoms with Crippen LogP contribution in [0.1, 0.15) is 44.6 Å². The van der Waals surface area contributed by atoms with Crippen LogP contribution in [0.5, 0.6) is 0 Å². The summed E-state index contributed by atoms with van der Waals surface area (Å²) in [7, 11) is 0. The number of hydrogen-bond donors (Lipinski definition) is 1. The Morgan fingerprint density at radius 3 is 2.53 bits per heavy atom. The molecule has 1 rings (SSSR count). The van der Waals surface area contributed by atoms with Crippen molar-refractivity contribution in [2.75, 3.05) is 12.0 Å². The number of nitrogens with one attached hydrogen (secondary N) is 1. The summed E-state index contributed by atoms with van der Waals surface area (Å²) in [6.07, 6.45) is 5.04. The van der Waals surface area contributed by atoms with Crippen molar-refractivity contribution in [3.8, 4) is 0 Å². The molecule has 0 aromatic carbocycles. The molecule has 1 N–H and O–H groups in total. The van der Waals surface area contributed by atoms with E-state index in [-0.39, 0.29) is 16.6 Å². The van der Waals surface area contributed by atoms with E-state index in [2.05, 4.69) is 11.2 Å². The van der Waals surface area contributed by atoms with Crippen molar-refractivity contribution in [2.24, 2.45) is 0 Å². The van der Waals surface area contributed by atoms with Crippen LogP contribution >= 0.6 is 23.4 Å². The Hall–Kier alpha value is -0.680. The van der Waals surface area contributed by atoms with Gasteiger partial charge in [-0.05, 0) is 30.8 Å². The molecule has 0 bridgehead atoms. The van der Waals surface area contributed by atoms with E-state index < -0.39 is 5.69 Å². The lowest BCUT2D eigenvalue weighted by molar-refractivity contribution is 0.556. The SMILES string of the molecule is CSCCCCCn1c(=O)[nH]c(Cl)c(C(C)C)c1=O. The molecule has 0 amide bonds. The van der Waals surface area contributed by atoms with Crippen LogP contribution in [0.15, 0.2) is 9.59 Å². The van der Waals surface area contributed by atoms with E-state index in [4.69, 9.17) is 11.6 Å². The maximum Gasteiger partial charge on any atom is 0.329 e. The Labute approximate surface area is 122 Å². The van der Waals surface area contributed by atoms with E-state index in [9.17, 15) is 9.59 Å². The van der Waals surface area contributed by atoms with Crippen LogP contribution < -0.4 is 11.2 Å². The van der Waals surface area contributed by atoms with Crippen molar-refractivity contribution >= 4 is 23.4 Å². The Balaban J connectivity index is 2.87. The summed E-state index contributed by atoms with van der Waals surface area (Å²) < 4.78 is 1.26. The van der Waals surface area contributed by atoms with Crippen molar-refractivity contribution in [1.29, 1.82) is 0 Å². The van der Waals surface area contributed by atoms with Gasteiger partial charge in [-0.1, -0.05) is 31.9 Å². The maximum atomic E-state index is 12.2. The summed E-state index contributed by atoms with van der Waals surface area (Å²) >= 11 is 7.74. The van der Waals surface area contributed by atoms with Crippen molar-refractivity contribution < 1.29 is 0 Å². The average molecular weight is 305 g/mol. The average Bonchev–Trinajstić information content (AvgIpc) is 2.31. The first-order valence-corrected chi connectivity index (χ1v) is 8.27. The number of nitrogens with zero attached hydrogens (tertiary/aromatic N) is 1. The molecule has 0 aliphatic heterocycles. The molecular weight excluding hydrogens is 284 g/mol. The van der Waals surface area contributed by atoms with Crippen molar-refractivity contribution in [3.05, 3.63) is 31.6 Å². The highest BCUT2D eigenvalue weighted by atomic mass is 35.5. The molecule has 0 aliphatic rings. The van der Waals surface area contributed by atoms with E-state index in [1.807, 2.05) is 25.6 Å². The molecule has 6 heteroatoms. The van der Waals surface area contributed by atoms with Gasteiger partial charge < -0.3 is 0 Å². The van der Waals surface area contributed by atoms with Gasteiger partial charge in [0, 0.05) is 6.54 Å². The van der Waals surface area contributed by atoms with Gasteiger partial charge in [0.05, 0.1) is 5.56 Å². The molecule has 0 saturated heterocycles. The summed E-state index contributed by atoms with van der Waals surface area (Å²) in [5, 5.41) is 0.170. The Morgan fingerprint density at radius 1 is 1.26 bits per heavy atom. The van der Waals surface area contributed by atoms with Crippen molar-refractivity contribution in [2.45, 2.75) is 45.6 Å². The quantitative estimate of drug-likeness (QED) is 0.622. The Morgan fingerprint density at radius 2 is 1.95 bits per heavy atom. The molecule has 1 aromatic heterocycles. The fourth-order valence-corrected chi connectivity index (χ4v) is 2.83. The number of thioether (sulfide) groups is 1. The molecule has 108 valence electrons. The van der Waals surface area contributed by atoms with Crippen LogP contribution in [-0.4, -0.2) is 21.6 Å². The molecule has 1 heterocycles. The smallest absolute Gasteiger partial charge is 0.297 e. The third kappa shape index (κ3) is 4.42. The predicted molar refractivity (Wildman–Crippen MR) is 82.7 cm³/mol. The highest BCUT2D eigenvalue weighted by molar-refractivity contribution is 7.98. The summed E-state index contributed by atoms with van der Waals surface area (Å²) in [5.41, 5.74) is -0.178. The molecule has 0 unspecified atom stereocenters. The molecule has 0 atom stereocenters. The topological polar surface area (TPSA) is 54.9 Å². The van der Waals surface area contributed by atoms with Crippen LogP contribution in [0.25, 0.3) is 0 Å². The lowest BCUT2D eigenvalue weighted by Gasteiger charge is -2.11. The zero-order chi connectivity index (χ0) is 14.4.